The molecule has 0 radical (unpaired) electrons. The molecule has 0 bridgehead atoms. The Morgan fingerprint density at radius 2 is 2.05 bits per heavy atom. The number of likely N-dealkylation sites (N-methyl/N-ethyl adjacent to an activating group) is 1. The van der Waals surface area contributed by atoms with E-state index in [-0.39, 0.29) is 12.2 Å². The Bertz CT molecular complexity index is 834. The molecule has 1 saturated heterocycles. The molecule has 1 aliphatic rings. The summed E-state index contributed by atoms with van der Waals surface area (Å²) < 4.78 is 1.59. The number of rotatable bonds is 3. The number of aliphatic carboxylic acids is 1. The van der Waals surface area contributed by atoms with E-state index in [1.807, 2.05) is 18.2 Å². The van der Waals surface area contributed by atoms with Crippen molar-refractivity contribution < 1.29 is 19.5 Å². The molecular formula is C15H13N3O4. The number of benzene rings is 1. The predicted molar refractivity (Wildman–Crippen MR) is 78.9 cm³/mol. The smallest absolute Gasteiger partial charge is 0.328 e. The molecule has 2 heterocycles. The fraction of sp³-hybridized carbons (Fsp3) is 0.133. The fourth-order valence-corrected chi connectivity index (χ4v) is 2.45. The molecule has 3 amide bonds. The molecule has 7 nitrogen and oxygen atoms in total. The van der Waals surface area contributed by atoms with Crippen LogP contribution in [-0.4, -0.2) is 39.5 Å². The SMILES string of the molecule is CN1C(=O)N/C(=C/c2cn(CC(=O)O)c3ccccc23)C1=O. The second-order valence-corrected chi connectivity index (χ2v) is 4.98. The maximum absolute atomic E-state index is 11.9. The van der Waals surface area contributed by atoms with Crippen LogP contribution in [0.15, 0.2) is 36.2 Å². The van der Waals surface area contributed by atoms with Crippen molar-refractivity contribution in [2.24, 2.45) is 0 Å². The topological polar surface area (TPSA) is 91.6 Å². The number of hydrogen-bond acceptors (Lipinski definition) is 3. The molecule has 3 rings (SSSR count). The Kier molecular flexibility index (Phi) is 3.17. The van der Waals surface area contributed by atoms with Crippen LogP contribution < -0.4 is 5.32 Å². The van der Waals surface area contributed by atoms with Gasteiger partial charge in [0.2, 0.25) is 0 Å². The monoisotopic (exact) mass is 299 g/mol. The maximum Gasteiger partial charge on any atom is 0.328 e. The van der Waals surface area contributed by atoms with E-state index in [1.54, 1.807) is 22.9 Å². The molecule has 22 heavy (non-hydrogen) atoms. The number of carbonyl (C=O) groups excluding carboxylic acids is 2. The van der Waals surface area contributed by atoms with Gasteiger partial charge in [-0.15, -0.1) is 0 Å². The minimum absolute atomic E-state index is 0.172. The van der Waals surface area contributed by atoms with Gasteiger partial charge < -0.3 is 15.0 Å². The zero-order valence-corrected chi connectivity index (χ0v) is 11.7. The number of carboxylic acids is 1. The van der Waals surface area contributed by atoms with E-state index in [0.29, 0.717) is 5.56 Å². The summed E-state index contributed by atoms with van der Waals surface area (Å²) in [6.45, 7) is -0.177. The number of hydrogen-bond donors (Lipinski definition) is 2. The van der Waals surface area contributed by atoms with Crippen molar-refractivity contribution >= 4 is 34.9 Å². The van der Waals surface area contributed by atoms with E-state index in [0.717, 1.165) is 15.8 Å². The Morgan fingerprint density at radius 3 is 2.68 bits per heavy atom. The molecule has 0 atom stereocenters. The van der Waals surface area contributed by atoms with Crippen molar-refractivity contribution in [1.29, 1.82) is 0 Å². The van der Waals surface area contributed by atoms with Gasteiger partial charge in [-0.25, -0.2) is 4.79 Å². The van der Waals surface area contributed by atoms with Crippen molar-refractivity contribution in [1.82, 2.24) is 14.8 Å². The van der Waals surface area contributed by atoms with Gasteiger partial charge >= 0.3 is 12.0 Å². The van der Waals surface area contributed by atoms with Crippen LogP contribution in [0.5, 0.6) is 0 Å². The number of nitrogens with one attached hydrogen (secondary N) is 1. The normalized spacial score (nSPS) is 16.6. The summed E-state index contributed by atoms with van der Waals surface area (Å²) in [6, 6.07) is 6.81. The van der Waals surface area contributed by atoms with Gasteiger partial charge in [-0.05, 0) is 12.1 Å². The number of carboxylic acid groups (broad SMARTS) is 1. The molecule has 0 saturated carbocycles. The maximum atomic E-state index is 11.9. The van der Waals surface area contributed by atoms with Crippen LogP contribution >= 0.6 is 0 Å². The summed E-state index contributed by atoms with van der Waals surface area (Å²) in [6.07, 6.45) is 3.22. The number of urea groups is 1. The van der Waals surface area contributed by atoms with Crippen LogP contribution in [0.4, 0.5) is 4.79 Å². The lowest BCUT2D eigenvalue weighted by atomic mass is 10.1. The lowest BCUT2D eigenvalue weighted by Crippen LogP contribution is -2.25. The highest BCUT2D eigenvalue weighted by Crippen LogP contribution is 2.24. The van der Waals surface area contributed by atoms with E-state index in [4.69, 9.17) is 5.11 Å². The highest BCUT2D eigenvalue weighted by molar-refractivity contribution is 6.14. The highest BCUT2D eigenvalue weighted by Gasteiger charge is 2.30. The summed E-state index contributed by atoms with van der Waals surface area (Å²) in [5, 5.41) is 12.3. The number of nitrogens with zero attached hydrogens (tertiary/aromatic N) is 2. The van der Waals surface area contributed by atoms with Crippen LogP contribution in [-0.2, 0) is 16.1 Å². The molecule has 1 aliphatic heterocycles. The lowest BCUT2D eigenvalue weighted by molar-refractivity contribution is -0.137. The molecule has 0 unspecified atom stereocenters. The Labute approximate surface area is 125 Å². The minimum Gasteiger partial charge on any atom is -0.480 e. The number of aromatic nitrogens is 1. The van der Waals surface area contributed by atoms with Crippen molar-refractivity contribution in [3.05, 3.63) is 41.7 Å². The fourth-order valence-electron chi connectivity index (χ4n) is 2.45. The average Bonchev–Trinajstić information content (AvgIpc) is 2.93. The molecule has 1 aromatic carbocycles. The molecule has 112 valence electrons. The minimum atomic E-state index is -0.954. The number of para-hydroxylation sites is 1. The van der Waals surface area contributed by atoms with Crippen LogP contribution in [0.25, 0.3) is 17.0 Å². The number of amides is 3. The second kappa shape index (κ2) is 5.03. The van der Waals surface area contributed by atoms with E-state index in [9.17, 15) is 14.4 Å². The Hall–Kier alpha value is -3.09. The summed E-state index contributed by atoms with van der Waals surface area (Å²) in [4.78, 5) is 35.3. The second-order valence-electron chi connectivity index (χ2n) is 4.98. The third kappa shape index (κ3) is 2.22. The van der Waals surface area contributed by atoms with E-state index < -0.39 is 17.9 Å². The summed E-state index contributed by atoms with van der Waals surface area (Å²) in [7, 11) is 1.40. The van der Waals surface area contributed by atoms with E-state index >= 15 is 0 Å². The van der Waals surface area contributed by atoms with Gasteiger partial charge in [-0.2, -0.15) is 0 Å². The first kappa shape index (κ1) is 13.9. The van der Waals surface area contributed by atoms with Gasteiger partial charge in [0.05, 0.1) is 0 Å². The quantitative estimate of drug-likeness (QED) is 0.659. The first-order valence-corrected chi connectivity index (χ1v) is 6.58. The van der Waals surface area contributed by atoms with Crippen LogP contribution in [0.1, 0.15) is 5.56 Å². The van der Waals surface area contributed by atoms with Gasteiger partial charge in [0.15, 0.2) is 0 Å². The number of imide groups is 1. The molecule has 0 spiro atoms. The van der Waals surface area contributed by atoms with Crippen molar-refractivity contribution in [3.63, 3.8) is 0 Å². The summed E-state index contributed by atoms with van der Waals surface area (Å²) in [5.41, 5.74) is 1.60. The Morgan fingerprint density at radius 1 is 1.32 bits per heavy atom. The third-order valence-electron chi connectivity index (χ3n) is 3.51. The van der Waals surface area contributed by atoms with Gasteiger partial charge in [-0.3, -0.25) is 14.5 Å². The molecule has 2 aromatic rings. The highest BCUT2D eigenvalue weighted by atomic mass is 16.4. The first-order valence-electron chi connectivity index (χ1n) is 6.58. The standard InChI is InChI=1S/C15H13N3O4/c1-17-14(21)11(16-15(17)22)6-9-7-18(8-13(19)20)12-5-3-2-4-10(9)12/h2-7H,8H2,1H3,(H,16,22)(H,19,20)/b11-6+. The van der Waals surface area contributed by atoms with Gasteiger partial charge in [0.25, 0.3) is 5.91 Å². The molecular weight excluding hydrogens is 286 g/mol. The van der Waals surface area contributed by atoms with Crippen molar-refractivity contribution in [3.8, 4) is 0 Å². The van der Waals surface area contributed by atoms with Gasteiger partial charge in [-0.1, -0.05) is 18.2 Å². The predicted octanol–water partition coefficient (Wildman–Crippen LogP) is 1.25. The number of carbonyl (C=O) groups is 3. The largest absolute Gasteiger partial charge is 0.480 e. The molecule has 1 aromatic heterocycles. The van der Waals surface area contributed by atoms with Gasteiger partial charge in [0.1, 0.15) is 12.2 Å². The van der Waals surface area contributed by atoms with Crippen LogP contribution in [0.2, 0.25) is 0 Å². The molecule has 1 fully saturated rings. The number of fused-ring (bicyclic) bond motifs is 1. The Balaban J connectivity index is 2.10. The van der Waals surface area contributed by atoms with E-state index in [1.165, 1.54) is 7.05 Å². The summed E-state index contributed by atoms with van der Waals surface area (Å²) in [5.74, 6) is -1.37. The van der Waals surface area contributed by atoms with Gasteiger partial charge in [0, 0.05) is 29.7 Å². The average molecular weight is 299 g/mol. The first-order chi connectivity index (χ1) is 10.5. The van der Waals surface area contributed by atoms with Crippen molar-refractivity contribution in [2.45, 2.75) is 6.54 Å². The van der Waals surface area contributed by atoms with Crippen LogP contribution in [0.3, 0.4) is 0 Å². The third-order valence-corrected chi connectivity index (χ3v) is 3.51. The van der Waals surface area contributed by atoms with Crippen molar-refractivity contribution in [2.75, 3.05) is 7.05 Å². The zero-order chi connectivity index (χ0) is 15.9. The molecule has 0 aliphatic carbocycles. The van der Waals surface area contributed by atoms with Crippen LogP contribution in [0, 0.1) is 0 Å². The zero-order valence-electron chi connectivity index (χ0n) is 11.7. The lowest BCUT2D eigenvalue weighted by Gasteiger charge is -1.99. The molecule has 7 heteroatoms. The summed E-state index contributed by atoms with van der Waals surface area (Å²) >= 11 is 0. The molecule has 2 N–H and O–H groups in total. The van der Waals surface area contributed by atoms with E-state index in [2.05, 4.69) is 5.32 Å².